The van der Waals surface area contributed by atoms with Gasteiger partial charge in [0, 0.05) is 65.4 Å². The molecule has 5 aromatic rings. The predicted molar refractivity (Wildman–Crippen MR) is 146 cm³/mol. The standard InChI is InChI=1S/C28H29N7O4/c29-21(11-18-14-30-15-33-18)26(36)34-24(9-16-12-31-22-7-3-1-5-19(16)22)27(37)35-25(28(38)39)10-17-13-32-23-8-4-2-6-20(17)23/h1-8,12-15,21,24-25,31-32H,9-11,29H2,(H,30,33)(H,34,36)(H,35,37)(H,38,39)/t21-,24-,25-/m0/s1. The highest BCUT2D eigenvalue weighted by Gasteiger charge is 2.29. The van der Waals surface area contributed by atoms with Crippen molar-refractivity contribution in [3.63, 3.8) is 0 Å². The number of amides is 2. The fourth-order valence-corrected chi connectivity index (χ4v) is 4.73. The van der Waals surface area contributed by atoms with Crippen molar-refractivity contribution >= 4 is 39.6 Å². The molecule has 3 aromatic heterocycles. The Kier molecular flexibility index (Phi) is 7.41. The second-order valence-electron chi connectivity index (χ2n) is 9.48. The number of carboxylic acid groups (broad SMARTS) is 1. The third-order valence-electron chi connectivity index (χ3n) is 6.78. The van der Waals surface area contributed by atoms with Crippen molar-refractivity contribution in [1.82, 2.24) is 30.6 Å². The van der Waals surface area contributed by atoms with Gasteiger partial charge in [0.2, 0.25) is 11.8 Å². The lowest BCUT2D eigenvalue weighted by Gasteiger charge is -2.23. The molecule has 3 heterocycles. The summed E-state index contributed by atoms with van der Waals surface area (Å²) in [5, 5.41) is 17.1. The fraction of sp³-hybridized carbons (Fsp3) is 0.214. The smallest absolute Gasteiger partial charge is 0.326 e. The summed E-state index contributed by atoms with van der Waals surface area (Å²) >= 11 is 0. The maximum absolute atomic E-state index is 13.5. The zero-order chi connectivity index (χ0) is 27.4. The van der Waals surface area contributed by atoms with E-state index in [9.17, 15) is 19.5 Å². The Hall–Kier alpha value is -4.90. The van der Waals surface area contributed by atoms with Gasteiger partial charge in [0.15, 0.2) is 0 Å². The summed E-state index contributed by atoms with van der Waals surface area (Å²) in [5.41, 5.74) is 10.1. The molecule has 3 atom stereocenters. The molecule has 2 aromatic carbocycles. The van der Waals surface area contributed by atoms with Crippen LogP contribution in [-0.2, 0) is 33.6 Å². The van der Waals surface area contributed by atoms with E-state index in [1.165, 1.54) is 6.33 Å². The summed E-state index contributed by atoms with van der Waals surface area (Å²) < 4.78 is 0. The number of hydrogen-bond donors (Lipinski definition) is 7. The number of nitrogens with one attached hydrogen (secondary N) is 5. The van der Waals surface area contributed by atoms with Crippen LogP contribution in [0.25, 0.3) is 21.8 Å². The van der Waals surface area contributed by atoms with Crippen LogP contribution in [0.3, 0.4) is 0 Å². The molecule has 0 unspecified atom stereocenters. The van der Waals surface area contributed by atoms with Gasteiger partial charge >= 0.3 is 5.97 Å². The Labute approximate surface area is 223 Å². The van der Waals surface area contributed by atoms with Crippen molar-refractivity contribution in [2.45, 2.75) is 37.4 Å². The highest BCUT2D eigenvalue weighted by Crippen LogP contribution is 2.21. The summed E-state index contributed by atoms with van der Waals surface area (Å²) in [6, 6.07) is 11.9. The summed E-state index contributed by atoms with van der Waals surface area (Å²) in [7, 11) is 0. The average Bonchev–Trinajstić information content (AvgIpc) is 3.69. The number of para-hydroxylation sites is 2. The lowest BCUT2D eigenvalue weighted by atomic mass is 10.0. The molecule has 0 saturated heterocycles. The van der Waals surface area contributed by atoms with Crippen molar-refractivity contribution in [2.24, 2.45) is 5.73 Å². The first kappa shape index (κ1) is 25.7. The van der Waals surface area contributed by atoms with E-state index < -0.39 is 35.9 Å². The zero-order valence-electron chi connectivity index (χ0n) is 21.0. The third-order valence-corrected chi connectivity index (χ3v) is 6.78. The van der Waals surface area contributed by atoms with E-state index in [0.717, 1.165) is 32.9 Å². The predicted octanol–water partition coefficient (Wildman–Crippen LogP) is 1.78. The largest absolute Gasteiger partial charge is 0.480 e. The minimum atomic E-state index is -1.21. The number of aliphatic carboxylic acids is 1. The van der Waals surface area contributed by atoms with Crippen LogP contribution in [0.4, 0.5) is 0 Å². The van der Waals surface area contributed by atoms with Crippen LogP contribution in [0.2, 0.25) is 0 Å². The van der Waals surface area contributed by atoms with Crippen molar-refractivity contribution < 1.29 is 19.5 Å². The summed E-state index contributed by atoms with van der Waals surface area (Å²) in [6.07, 6.45) is 6.99. The summed E-state index contributed by atoms with van der Waals surface area (Å²) in [5.74, 6) is -2.33. The Morgan fingerprint density at radius 2 is 1.36 bits per heavy atom. The van der Waals surface area contributed by atoms with Gasteiger partial charge in [-0.3, -0.25) is 9.59 Å². The number of carbonyl (C=O) groups is 3. The van der Waals surface area contributed by atoms with Gasteiger partial charge in [0.05, 0.1) is 12.4 Å². The van der Waals surface area contributed by atoms with Crippen molar-refractivity contribution in [1.29, 1.82) is 0 Å². The molecule has 0 spiro atoms. The van der Waals surface area contributed by atoms with Gasteiger partial charge in [-0.05, 0) is 23.3 Å². The molecule has 39 heavy (non-hydrogen) atoms. The van der Waals surface area contributed by atoms with E-state index in [-0.39, 0.29) is 19.3 Å². The molecule has 8 N–H and O–H groups in total. The van der Waals surface area contributed by atoms with Crippen LogP contribution in [0, 0.1) is 0 Å². The topological polar surface area (TPSA) is 182 Å². The van der Waals surface area contributed by atoms with E-state index >= 15 is 0 Å². The van der Waals surface area contributed by atoms with Gasteiger partial charge in [-0.1, -0.05) is 36.4 Å². The minimum Gasteiger partial charge on any atom is -0.480 e. The number of nitrogens with two attached hydrogens (primary N) is 1. The first-order valence-corrected chi connectivity index (χ1v) is 12.6. The number of carboxylic acids is 1. The van der Waals surface area contributed by atoms with E-state index in [0.29, 0.717) is 5.69 Å². The number of aromatic amines is 3. The quantitative estimate of drug-likeness (QED) is 0.137. The maximum atomic E-state index is 13.5. The Morgan fingerprint density at radius 3 is 1.92 bits per heavy atom. The number of benzene rings is 2. The van der Waals surface area contributed by atoms with E-state index in [1.54, 1.807) is 18.6 Å². The second-order valence-corrected chi connectivity index (χ2v) is 9.48. The van der Waals surface area contributed by atoms with Gasteiger partial charge in [-0.15, -0.1) is 0 Å². The number of aromatic nitrogens is 4. The van der Waals surface area contributed by atoms with Crippen molar-refractivity contribution in [3.8, 4) is 0 Å². The van der Waals surface area contributed by atoms with Gasteiger partial charge in [-0.2, -0.15) is 0 Å². The molecular formula is C28H29N7O4. The lowest BCUT2D eigenvalue weighted by Crippen LogP contribution is -2.55. The molecule has 0 saturated carbocycles. The van der Waals surface area contributed by atoms with Crippen molar-refractivity contribution in [3.05, 3.63) is 90.3 Å². The number of fused-ring (bicyclic) bond motifs is 2. The van der Waals surface area contributed by atoms with Gasteiger partial charge in [0.1, 0.15) is 12.1 Å². The Balaban J connectivity index is 1.36. The highest BCUT2D eigenvalue weighted by atomic mass is 16.4. The van der Waals surface area contributed by atoms with Crippen LogP contribution in [-0.4, -0.2) is 61.0 Å². The van der Waals surface area contributed by atoms with Gasteiger partial charge in [-0.25, -0.2) is 9.78 Å². The number of imidazole rings is 1. The van der Waals surface area contributed by atoms with Gasteiger partial charge < -0.3 is 36.4 Å². The number of nitrogens with zero attached hydrogens (tertiary/aromatic N) is 1. The normalized spacial score (nSPS) is 13.7. The Bertz CT molecular complexity index is 1600. The molecule has 0 bridgehead atoms. The SMILES string of the molecule is N[C@@H](Cc1cnc[nH]1)C(=O)N[C@@H](Cc1c[nH]c2ccccc12)C(=O)N[C@@H](Cc1c[nH]c2ccccc12)C(=O)O. The lowest BCUT2D eigenvalue weighted by molar-refractivity contribution is -0.142. The molecule has 2 amide bonds. The first-order valence-electron chi connectivity index (χ1n) is 12.6. The summed E-state index contributed by atoms with van der Waals surface area (Å²) in [4.78, 5) is 51.8. The van der Waals surface area contributed by atoms with E-state index in [1.807, 2.05) is 48.5 Å². The number of hydrogen-bond acceptors (Lipinski definition) is 5. The third kappa shape index (κ3) is 5.83. The van der Waals surface area contributed by atoms with Gasteiger partial charge in [0.25, 0.3) is 0 Å². The molecule has 0 aliphatic rings. The number of carbonyl (C=O) groups excluding carboxylic acids is 2. The number of H-pyrrole nitrogens is 3. The fourth-order valence-electron chi connectivity index (χ4n) is 4.73. The van der Waals surface area contributed by atoms with Crippen LogP contribution in [0.15, 0.2) is 73.4 Å². The first-order chi connectivity index (χ1) is 18.9. The van der Waals surface area contributed by atoms with Crippen LogP contribution < -0.4 is 16.4 Å². The highest BCUT2D eigenvalue weighted by molar-refractivity contribution is 5.93. The zero-order valence-corrected chi connectivity index (χ0v) is 21.0. The molecule has 200 valence electrons. The maximum Gasteiger partial charge on any atom is 0.326 e. The molecule has 0 aliphatic carbocycles. The van der Waals surface area contributed by atoms with Crippen LogP contribution in [0.5, 0.6) is 0 Å². The van der Waals surface area contributed by atoms with Crippen LogP contribution >= 0.6 is 0 Å². The molecule has 11 nitrogen and oxygen atoms in total. The Morgan fingerprint density at radius 1 is 0.795 bits per heavy atom. The monoisotopic (exact) mass is 527 g/mol. The molecule has 0 fully saturated rings. The number of rotatable bonds is 11. The van der Waals surface area contributed by atoms with E-state index in [4.69, 9.17) is 5.73 Å². The average molecular weight is 528 g/mol. The van der Waals surface area contributed by atoms with Crippen LogP contribution in [0.1, 0.15) is 16.8 Å². The minimum absolute atomic E-state index is 0.0676. The second kappa shape index (κ2) is 11.2. The molecule has 5 rings (SSSR count). The molecule has 0 radical (unpaired) electrons. The molecule has 11 heteroatoms. The molecule has 0 aliphatic heterocycles. The van der Waals surface area contributed by atoms with E-state index in [2.05, 4.69) is 30.6 Å². The van der Waals surface area contributed by atoms with Crippen molar-refractivity contribution in [2.75, 3.05) is 0 Å². The summed E-state index contributed by atoms with van der Waals surface area (Å²) in [6.45, 7) is 0. The molecular weight excluding hydrogens is 498 g/mol.